The molecular weight excluding hydrogens is 226 g/mol. The average molecular weight is 241 g/mol. The first-order valence-electron chi connectivity index (χ1n) is 5.87. The zero-order valence-corrected chi connectivity index (χ0v) is 10.5. The lowest BCUT2D eigenvalue weighted by atomic mass is 10.0. The Hall–Kier alpha value is -2.16. The van der Waals surface area contributed by atoms with Gasteiger partial charge in [0.2, 0.25) is 0 Å². The lowest BCUT2D eigenvalue weighted by Crippen LogP contribution is -2.05. The predicted molar refractivity (Wildman–Crippen MR) is 70.8 cm³/mol. The molecule has 0 bridgehead atoms. The van der Waals surface area contributed by atoms with Gasteiger partial charge >= 0.3 is 0 Å². The van der Waals surface area contributed by atoms with Crippen molar-refractivity contribution in [1.29, 1.82) is 0 Å². The third kappa shape index (κ3) is 2.74. The second-order valence-electron chi connectivity index (χ2n) is 4.28. The Labute approximate surface area is 106 Å². The van der Waals surface area contributed by atoms with Gasteiger partial charge in [-0.15, -0.1) is 0 Å². The molecule has 0 spiro atoms. The van der Waals surface area contributed by atoms with Crippen LogP contribution in [0.2, 0.25) is 0 Å². The second-order valence-corrected chi connectivity index (χ2v) is 4.28. The molecule has 3 nitrogen and oxygen atoms in total. The van der Waals surface area contributed by atoms with Crippen molar-refractivity contribution in [2.24, 2.45) is 0 Å². The van der Waals surface area contributed by atoms with Crippen LogP contribution in [-0.2, 0) is 0 Å². The summed E-state index contributed by atoms with van der Waals surface area (Å²) in [6.07, 6.45) is 4.36. The zero-order chi connectivity index (χ0) is 13.0. The maximum absolute atomic E-state index is 11.0. The Bertz CT molecular complexity index is 550. The Balaban J connectivity index is 2.41. The molecule has 0 amide bonds. The molecule has 0 atom stereocenters. The number of carbonyl (C=O) groups excluding carboxylic acids is 1. The predicted octanol–water partition coefficient (Wildman–Crippen LogP) is 3.35. The molecule has 92 valence electrons. The van der Waals surface area contributed by atoms with Gasteiger partial charge in [-0.05, 0) is 25.5 Å². The molecule has 3 heteroatoms. The van der Waals surface area contributed by atoms with E-state index in [4.69, 9.17) is 4.74 Å². The van der Waals surface area contributed by atoms with E-state index < -0.39 is 0 Å². The molecule has 0 fully saturated rings. The monoisotopic (exact) mass is 241 g/mol. The van der Waals surface area contributed by atoms with Crippen molar-refractivity contribution in [2.45, 2.75) is 20.0 Å². The van der Waals surface area contributed by atoms with Crippen molar-refractivity contribution in [3.05, 3.63) is 48.3 Å². The van der Waals surface area contributed by atoms with Crippen LogP contribution in [0.5, 0.6) is 5.75 Å². The molecule has 1 aromatic carbocycles. The van der Waals surface area contributed by atoms with Crippen LogP contribution in [-0.4, -0.2) is 17.4 Å². The highest BCUT2D eigenvalue weighted by atomic mass is 16.5. The molecule has 0 aliphatic heterocycles. The molecule has 1 heterocycles. The summed E-state index contributed by atoms with van der Waals surface area (Å²) >= 11 is 0. The maximum Gasteiger partial charge on any atom is 0.150 e. The summed E-state index contributed by atoms with van der Waals surface area (Å²) in [7, 11) is 0. The number of pyridine rings is 1. The lowest BCUT2D eigenvalue weighted by Gasteiger charge is -2.11. The number of hydrogen-bond acceptors (Lipinski definition) is 3. The van der Waals surface area contributed by atoms with Crippen LogP contribution in [0.25, 0.3) is 11.1 Å². The van der Waals surface area contributed by atoms with Crippen LogP contribution in [0.1, 0.15) is 24.2 Å². The van der Waals surface area contributed by atoms with Crippen molar-refractivity contribution < 1.29 is 9.53 Å². The molecule has 0 aliphatic rings. The average Bonchev–Trinajstić information content (AvgIpc) is 2.38. The van der Waals surface area contributed by atoms with Gasteiger partial charge in [0.15, 0.2) is 6.29 Å². The fourth-order valence-electron chi connectivity index (χ4n) is 1.77. The van der Waals surface area contributed by atoms with E-state index in [2.05, 4.69) is 4.98 Å². The zero-order valence-electron chi connectivity index (χ0n) is 10.5. The number of aldehydes is 1. The van der Waals surface area contributed by atoms with Gasteiger partial charge in [0.05, 0.1) is 12.3 Å². The van der Waals surface area contributed by atoms with Crippen molar-refractivity contribution in [1.82, 2.24) is 4.98 Å². The van der Waals surface area contributed by atoms with E-state index in [1.165, 1.54) is 0 Å². The largest absolute Gasteiger partial charge is 0.489 e. The normalized spacial score (nSPS) is 10.4. The number of aromatic nitrogens is 1. The van der Waals surface area contributed by atoms with Crippen LogP contribution < -0.4 is 4.74 Å². The maximum atomic E-state index is 11.0. The van der Waals surface area contributed by atoms with E-state index >= 15 is 0 Å². The number of carbonyl (C=O) groups is 1. The fraction of sp³-hybridized carbons (Fsp3) is 0.200. The van der Waals surface area contributed by atoms with Gasteiger partial charge in [0.1, 0.15) is 5.75 Å². The van der Waals surface area contributed by atoms with Gasteiger partial charge in [-0.2, -0.15) is 0 Å². The number of nitrogens with zero attached hydrogens (tertiary/aromatic N) is 1. The first-order valence-corrected chi connectivity index (χ1v) is 5.87. The van der Waals surface area contributed by atoms with Crippen molar-refractivity contribution >= 4 is 6.29 Å². The third-order valence-electron chi connectivity index (χ3n) is 2.48. The summed E-state index contributed by atoms with van der Waals surface area (Å²) in [5.41, 5.74) is 2.41. The van der Waals surface area contributed by atoms with Crippen molar-refractivity contribution in [3.63, 3.8) is 0 Å². The van der Waals surface area contributed by atoms with Crippen LogP contribution in [0, 0.1) is 0 Å². The molecule has 0 aliphatic carbocycles. The van der Waals surface area contributed by atoms with Gasteiger partial charge in [0, 0.05) is 17.3 Å². The molecule has 0 N–H and O–H groups in total. The molecule has 18 heavy (non-hydrogen) atoms. The summed E-state index contributed by atoms with van der Waals surface area (Å²) in [6.45, 7) is 3.93. The Morgan fingerprint density at radius 3 is 2.72 bits per heavy atom. The Morgan fingerprint density at radius 1 is 1.22 bits per heavy atom. The quantitative estimate of drug-likeness (QED) is 0.770. The molecule has 0 radical (unpaired) electrons. The molecule has 2 aromatic rings. The van der Waals surface area contributed by atoms with Crippen LogP contribution >= 0.6 is 0 Å². The molecule has 0 unspecified atom stereocenters. The van der Waals surface area contributed by atoms with Gasteiger partial charge < -0.3 is 4.74 Å². The smallest absolute Gasteiger partial charge is 0.150 e. The number of rotatable bonds is 4. The van der Waals surface area contributed by atoms with E-state index in [9.17, 15) is 4.79 Å². The van der Waals surface area contributed by atoms with E-state index in [0.29, 0.717) is 11.3 Å². The highest BCUT2D eigenvalue weighted by Crippen LogP contribution is 2.25. The van der Waals surface area contributed by atoms with Crippen LogP contribution in [0.4, 0.5) is 0 Å². The minimum absolute atomic E-state index is 0.100. The van der Waals surface area contributed by atoms with Crippen LogP contribution in [0.3, 0.4) is 0 Å². The standard InChI is InChI=1S/C15H15NO2/c1-11(2)18-14-7-13(8-16-9-14)15-6-4-3-5-12(15)10-17/h3-11H,1-2H3. The van der Waals surface area contributed by atoms with Gasteiger partial charge in [-0.25, -0.2) is 0 Å². The first-order chi connectivity index (χ1) is 8.70. The molecule has 1 aromatic heterocycles. The number of benzene rings is 1. The van der Waals surface area contributed by atoms with E-state index in [1.54, 1.807) is 18.5 Å². The van der Waals surface area contributed by atoms with Crippen molar-refractivity contribution in [2.75, 3.05) is 0 Å². The summed E-state index contributed by atoms with van der Waals surface area (Å²) in [5.74, 6) is 0.711. The molecule has 0 saturated heterocycles. The van der Waals surface area contributed by atoms with Gasteiger partial charge in [-0.1, -0.05) is 24.3 Å². The second kappa shape index (κ2) is 5.45. The van der Waals surface area contributed by atoms with E-state index in [-0.39, 0.29) is 6.10 Å². The van der Waals surface area contributed by atoms with E-state index in [0.717, 1.165) is 17.4 Å². The first kappa shape index (κ1) is 12.3. The molecule has 2 rings (SSSR count). The van der Waals surface area contributed by atoms with Gasteiger partial charge in [0.25, 0.3) is 0 Å². The fourth-order valence-corrected chi connectivity index (χ4v) is 1.77. The van der Waals surface area contributed by atoms with Crippen LogP contribution in [0.15, 0.2) is 42.7 Å². The highest BCUT2D eigenvalue weighted by Gasteiger charge is 2.06. The van der Waals surface area contributed by atoms with Crippen molar-refractivity contribution in [3.8, 4) is 16.9 Å². The SMILES string of the molecule is CC(C)Oc1cncc(-c2ccccc2C=O)c1. The highest BCUT2D eigenvalue weighted by molar-refractivity contribution is 5.87. The number of ether oxygens (including phenoxy) is 1. The minimum Gasteiger partial charge on any atom is -0.489 e. The van der Waals surface area contributed by atoms with Gasteiger partial charge in [-0.3, -0.25) is 9.78 Å². The minimum atomic E-state index is 0.100. The summed E-state index contributed by atoms with van der Waals surface area (Å²) in [6, 6.07) is 9.33. The summed E-state index contributed by atoms with van der Waals surface area (Å²) < 4.78 is 5.60. The number of hydrogen-bond donors (Lipinski definition) is 0. The molecule has 0 saturated carbocycles. The topological polar surface area (TPSA) is 39.2 Å². The van der Waals surface area contributed by atoms with E-state index in [1.807, 2.05) is 38.1 Å². The lowest BCUT2D eigenvalue weighted by molar-refractivity contribution is 0.112. The Morgan fingerprint density at radius 2 is 2.00 bits per heavy atom. The third-order valence-corrected chi connectivity index (χ3v) is 2.48. The Kier molecular flexibility index (Phi) is 3.72. The molecular formula is C15H15NO2. The summed E-state index contributed by atoms with van der Waals surface area (Å²) in [4.78, 5) is 15.2. The summed E-state index contributed by atoms with van der Waals surface area (Å²) in [5, 5.41) is 0.